The number of thioether (sulfide) groups is 1. The molecule has 1 aliphatic rings. The molecule has 0 unspecified atom stereocenters. The molecule has 19 heavy (non-hydrogen) atoms. The van der Waals surface area contributed by atoms with Crippen LogP contribution in [0.1, 0.15) is 42.4 Å². The van der Waals surface area contributed by atoms with Crippen molar-refractivity contribution in [1.29, 1.82) is 0 Å². The molecule has 0 aromatic carbocycles. The Kier molecular flexibility index (Phi) is 4.08. The molecule has 6 heteroatoms. The third-order valence-electron chi connectivity index (χ3n) is 3.96. The second-order valence-corrected chi connectivity index (χ2v) is 6.36. The number of aryl methyl sites for hydroxylation is 2. The standard InChI is InChI=1S/C13H22N4OS/c1-4-17-11(10(14)9(2)16-17)12(18)15-8-13(19-3)6-5-7-13/h4-8,14H2,1-3H3,(H,15,18). The quantitative estimate of drug-likeness (QED) is 0.864. The Hall–Kier alpha value is -1.17. The van der Waals surface area contributed by atoms with Crippen LogP contribution in [0, 0.1) is 6.92 Å². The highest BCUT2D eigenvalue weighted by Gasteiger charge is 2.36. The summed E-state index contributed by atoms with van der Waals surface area (Å²) in [4.78, 5) is 12.3. The lowest BCUT2D eigenvalue weighted by molar-refractivity contribution is 0.0934. The fraction of sp³-hybridized carbons (Fsp3) is 0.692. The monoisotopic (exact) mass is 282 g/mol. The fourth-order valence-corrected chi connectivity index (χ4v) is 3.33. The zero-order valence-electron chi connectivity index (χ0n) is 11.8. The molecule has 0 bridgehead atoms. The normalized spacial score (nSPS) is 17.0. The number of aromatic nitrogens is 2. The van der Waals surface area contributed by atoms with E-state index >= 15 is 0 Å². The van der Waals surface area contributed by atoms with Crippen LogP contribution in [0.15, 0.2) is 0 Å². The summed E-state index contributed by atoms with van der Waals surface area (Å²) in [6, 6.07) is 0. The van der Waals surface area contributed by atoms with E-state index in [2.05, 4.69) is 16.7 Å². The van der Waals surface area contributed by atoms with E-state index < -0.39 is 0 Å². The molecule has 1 saturated carbocycles. The van der Waals surface area contributed by atoms with Crippen molar-refractivity contribution in [3.05, 3.63) is 11.4 Å². The van der Waals surface area contributed by atoms with Crippen molar-refractivity contribution >= 4 is 23.4 Å². The van der Waals surface area contributed by atoms with Gasteiger partial charge in [-0.1, -0.05) is 6.42 Å². The zero-order chi connectivity index (χ0) is 14.0. The molecule has 0 radical (unpaired) electrons. The number of hydrogen-bond acceptors (Lipinski definition) is 4. The van der Waals surface area contributed by atoms with E-state index in [9.17, 15) is 4.79 Å². The molecule has 0 spiro atoms. The largest absolute Gasteiger partial charge is 0.395 e. The molecule has 1 fully saturated rings. The maximum atomic E-state index is 12.3. The third kappa shape index (κ3) is 2.59. The number of nitrogen functional groups attached to an aromatic ring is 1. The third-order valence-corrected chi connectivity index (χ3v) is 5.38. The Morgan fingerprint density at radius 2 is 2.26 bits per heavy atom. The van der Waals surface area contributed by atoms with Gasteiger partial charge in [0.25, 0.3) is 5.91 Å². The minimum absolute atomic E-state index is 0.111. The second kappa shape index (κ2) is 5.45. The molecule has 2 rings (SSSR count). The van der Waals surface area contributed by atoms with Gasteiger partial charge in [0, 0.05) is 17.8 Å². The predicted octanol–water partition coefficient (Wildman–Crippen LogP) is 1.81. The lowest BCUT2D eigenvalue weighted by Gasteiger charge is -2.40. The first-order chi connectivity index (χ1) is 9.03. The van der Waals surface area contributed by atoms with E-state index in [1.165, 1.54) is 19.3 Å². The van der Waals surface area contributed by atoms with E-state index in [1.54, 1.807) is 4.68 Å². The molecule has 1 aliphatic carbocycles. The van der Waals surface area contributed by atoms with Crippen molar-refractivity contribution < 1.29 is 4.79 Å². The first-order valence-electron chi connectivity index (χ1n) is 6.69. The molecule has 106 valence electrons. The van der Waals surface area contributed by atoms with E-state index in [4.69, 9.17) is 5.73 Å². The Morgan fingerprint density at radius 3 is 2.74 bits per heavy atom. The Morgan fingerprint density at radius 1 is 1.58 bits per heavy atom. The number of nitrogens with one attached hydrogen (secondary N) is 1. The minimum Gasteiger partial charge on any atom is -0.395 e. The first-order valence-corrected chi connectivity index (χ1v) is 7.91. The van der Waals surface area contributed by atoms with Crippen molar-refractivity contribution in [1.82, 2.24) is 15.1 Å². The van der Waals surface area contributed by atoms with Gasteiger partial charge in [-0.25, -0.2) is 0 Å². The molecule has 1 aromatic rings. The van der Waals surface area contributed by atoms with Gasteiger partial charge in [0.15, 0.2) is 0 Å². The summed E-state index contributed by atoms with van der Waals surface area (Å²) in [6.07, 6.45) is 5.72. The van der Waals surface area contributed by atoms with Crippen molar-refractivity contribution in [3.63, 3.8) is 0 Å². The van der Waals surface area contributed by atoms with E-state index in [0.29, 0.717) is 24.5 Å². The average Bonchev–Trinajstić information content (AvgIpc) is 2.64. The zero-order valence-corrected chi connectivity index (χ0v) is 12.6. The summed E-state index contributed by atoms with van der Waals surface area (Å²) in [5.41, 5.74) is 7.65. The molecule has 5 nitrogen and oxygen atoms in total. The number of rotatable bonds is 5. The number of carbonyl (C=O) groups excluding carboxylic acids is 1. The summed E-state index contributed by atoms with van der Waals surface area (Å²) in [7, 11) is 0. The van der Waals surface area contributed by atoms with Crippen LogP contribution < -0.4 is 11.1 Å². The topological polar surface area (TPSA) is 72.9 Å². The fourth-order valence-electron chi connectivity index (χ4n) is 2.41. The van der Waals surface area contributed by atoms with Gasteiger partial charge in [-0.05, 0) is 32.9 Å². The maximum absolute atomic E-state index is 12.3. The summed E-state index contributed by atoms with van der Waals surface area (Å²) in [5, 5.41) is 7.30. The van der Waals surface area contributed by atoms with Crippen LogP contribution in [0.2, 0.25) is 0 Å². The van der Waals surface area contributed by atoms with Gasteiger partial charge in [-0.2, -0.15) is 16.9 Å². The highest BCUT2D eigenvalue weighted by molar-refractivity contribution is 8.00. The van der Waals surface area contributed by atoms with E-state index in [0.717, 1.165) is 5.69 Å². The predicted molar refractivity (Wildman–Crippen MR) is 79.5 cm³/mol. The number of nitrogens with two attached hydrogens (primary N) is 1. The van der Waals surface area contributed by atoms with Gasteiger partial charge in [-0.3, -0.25) is 9.48 Å². The number of carbonyl (C=O) groups is 1. The SMILES string of the molecule is CCn1nc(C)c(N)c1C(=O)NCC1(SC)CCC1. The first kappa shape index (κ1) is 14.2. The highest BCUT2D eigenvalue weighted by Crippen LogP contribution is 2.42. The average molecular weight is 282 g/mol. The van der Waals surface area contributed by atoms with Gasteiger partial charge < -0.3 is 11.1 Å². The molecular weight excluding hydrogens is 260 g/mol. The van der Waals surface area contributed by atoms with Gasteiger partial charge in [0.2, 0.25) is 0 Å². The van der Waals surface area contributed by atoms with Gasteiger partial charge in [-0.15, -0.1) is 0 Å². The summed E-state index contributed by atoms with van der Waals surface area (Å²) < 4.78 is 1.91. The molecule has 0 atom stereocenters. The van der Waals surface area contributed by atoms with Crippen molar-refractivity contribution in [3.8, 4) is 0 Å². The molecule has 0 aliphatic heterocycles. The van der Waals surface area contributed by atoms with Crippen LogP contribution in [0.3, 0.4) is 0 Å². The van der Waals surface area contributed by atoms with Crippen LogP contribution >= 0.6 is 11.8 Å². The molecule has 0 saturated heterocycles. The van der Waals surface area contributed by atoms with Crippen LogP contribution in [0.4, 0.5) is 5.69 Å². The molecule has 1 heterocycles. The van der Waals surface area contributed by atoms with Gasteiger partial charge in [0.05, 0.1) is 11.4 Å². The molecule has 1 aromatic heterocycles. The second-order valence-electron chi connectivity index (χ2n) is 5.09. The van der Waals surface area contributed by atoms with Crippen LogP contribution in [0.25, 0.3) is 0 Å². The Balaban J connectivity index is 2.08. The molecule has 1 amide bonds. The van der Waals surface area contributed by atoms with Gasteiger partial charge in [0.1, 0.15) is 5.69 Å². The number of anilines is 1. The smallest absolute Gasteiger partial charge is 0.271 e. The lowest BCUT2D eigenvalue weighted by Crippen LogP contribution is -2.45. The molecular formula is C13H22N4OS. The lowest BCUT2D eigenvalue weighted by atomic mass is 9.84. The summed E-state index contributed by atoms with van der Waals surface area (Å²) in [6.45, 7) is 5.14. The van der Waals surface area contributed by atoms with Gasteiger partial charge >= 0.3 is 0 Å². The molecule has 3 N–H and O–H groups in total. The Bertz CT molecular complexity index is 474. The summed E-state index contributed by atoms with van der Waals surface area (Å²) >= 11 is 1.85. The number of nitrogens with zero attached hydrogens (tertiary/aromatic N) is 2. The maximum Gasteiger partial charge on any atom is 0.271 e. The van der Waals surface area contributed by atoms with Crippen LogP contribution in [-0.2, 0) is 6.54 Å². The highest BCUT2D eigenvalue weighted by atomic mass is 32.2. The number of amides is 1. The van der Waals surface area contributed by atoms with Crippen molar-refractivity contribution in [2.24, 2.45) is 0 Å². The number of hydrogen-bond donors (Lipinski definition) is 2. The Labute approximate surface area is 118 Å². The van der Waals surface area contributed by atoms with Crippen molar-refractivity contribution in [2.45, 2.75) is 44.4 Å². The van der Waals surface area contributed by atoms with E-state index in [-0.39, 0.29) is 10.7 Å². The summed E-state index contributed by atoms with van der Waals surface area (Å²) in [5.74, 6) is -0.111. The van der Waals surface area contributed by atoms with Crippen LogP contribution in [-0.4, -0.2) is 33.2 Å². The van der Waals surface area contributed by atoms with E-state index in [1.807, 2.05) is 25.6 Å². The van der Waals surface area contributed by atoms with Crippen molar-refractivity contribution in [2.75, 3.05) is 18.5 Å². The minimum atomic E-state index is -0.111. The van der Waals surface area contributed by atoms with Crippen LogP contribution in [0.5, 0.6) is 0 Å².